The first-order valence-corrected chi connectivity index (χ1v) is 6.45. The second-order valence-corrected chi connectivity index (χ2v) is 4.50. The van der Waals surface area contributed by atoms with E-state index in [4.69, 9.17) is 10.5 Å². The first-order chi connectivity index (χ1) is 10.1. The van der Waals surface area contributed by atoms with Gasteiger partial charge in [0.05, 0.1) is 18.1 Å². The van der Waals surface area contributed by atoms with Crippen molar-refractivity contribution in [2.45, 2.75) is 20.0 Å². The Balaban J connectivity index is 2.54. The molecule has 1 heterocycles. The molecule has 0 fully saturated rings. The van der Waals surface area contributed by atoms with E-state index in [-0.39, 0.29) is 12.2 Å². The molecule has 0 aliphatic heterocycles. The number of nitrogens with zero attached hydrogens (tertiary/aromatic N) is 4. The Labute approximate surface area is 121 Å². The van der Waals surface area contributed by atoms with E-state index in [1.807, 2.05) is 4.57 Å². The summed E-state index contributed by atoms with van der Waals surface area (Å²) in [5, 5.41) is 19.2. The molecule has 0 bridgehead atoms. The van der Waals surface area contributed by atoms with Gasteiger partial charge in [-0.15, -0.1) is 10.2 Å². The second-order valence-electron chi connectivity index (χ2n) is 4.50. The Morgan fingerprint density at radius 2 is 2.19 bits per heavy atom. The summed E-state index contributed by atoms with van der Waals surface area (Å²) >= 11 is 0. The Morgan fingerprint density at radius 3 is 2.81 bits per heavy atom. The molecule has 21 heavy (non-hydrogen) atoms. The third kappa shape index (κ3) is 2.91. The van der Waals surface area contributed by atoms with Gasteiger partial charge in [-0.1, -0.05) is 12.1 Å². The molecule has 112 valence electrons. The Morgan fingerprint density at radius 1 is 1.43 bits per heavy atom. The average molecular weight is 291 g/mol. The lowest BCUT2D eigenvalue weighted by molar-refractivity contribution is -0.385. The Kier molecular flexibility index (Phi) is 4.61. The van der Waals surface area contributed by atoms with E-state index < -0.39 is 4.92 Å². The Bertz CT molecular complexity index is 653. The fourth-order valence-corrected chi connectivity index (χ4v) is 2.17. The average Bonchev–Trinajstić information content (AvgIpc) is 2.87. The molecule has 2 rings (SSSR count). The molecular formula is C13H17N5O3. The predicted molar refractivity (Wildman–Crippen MR) is 76.6 cm³/mol. The molecule has 1 aromatic heterocycles. The molecule has 8 nitrogen and oxygen atoms in total. The molecule has 0 atom stereocenters. The van der Waals surface area contributed by atoms with Crippen LogP contribution in [0.5, 0.6) is 0 Å². The van der Waals surface area contributed by atoms with Crippen molar-refractivity contribution in [3.05, 3.63) is 39.7 Å². The molecule has 2 aromatic rings. The van der Waals surface area contributed by atoms with Crippen LogP contribution in [0, 0.1) is 17.0 Å². The maximum atomic E-state index is 11.0. The van der Waals surface area contributed by atoms with Gasteiger partial charge in [-0.05, 0) is 6.92 Å². The number of nitro benzene ring substituents is 1. The molecule has 8 heteroatoms. The van der Waals surface area contributed by atoms with Gasteiger partial charge in [-0.25, -0.2) is 0 Å². The zero-order valence-electron chi connectivity index (χ0n) is 11.9. The molecule has 0 saturated carbocycles. The lowest BCUT2D eigenvalue weighted by atomic mass is 10.1. The van der Waals surface area contributed by atoms with Gasteiger partial charge < -0.3 is 15.0 Å². The van der Waals surface area contributed by atoms with Gasteiger partial charge in [0, 0.05) is 30.8 Å². The largest absolute Gasteiger partial charge is 0.383 e. The highest BCUT2D eigenvalue weighted by molar-refractivity contribution is 5.66. The number of rotatable bonds is 6. The standard InChI is InChI=1S/C13H17N5O3/c1-9-10(4-3-5-11(9)18(19)20)13-16-15-12(8-14)17(13)6-7-21-2/h3-5H,6-8,14H2,1-2H3. The van der Waals surface area contributed by atoms with Crippen LogP contribution in [0.1, 0.15) is 11.4 Å². The minimum atomic E-state index is -0.404. The number of methoxy groups -OCH3 is 1. The second kappa shape index (κ2) is 6.42. The van der Waals surface area contributed by atoms with Gasteiger partial charge in [0.15, 0.2) is 5.82 Å². The van der Waals surface area contributed by atoms with Crippen LogP contribution in [0.4, 0.5) is 5.69 Å². The van der Waals surface area contributed by atoms with Crippen molar-refractivity contribution in [2.24, 2.45) is 5.73 Å². The highest BCUT2D eigenvalue weighted by atomic mass is 16.6. The molecule has 0 amide bonds. The minimum absolute atomic E-state index is 0.0584. The van der Waals surface area contributed by atoms with Crippen molar-refractivity contribution in [1.29, 1.82) is 0 Å². The van der Waals surface area contributed by atoms with Crippen LogP contribution in [0.2, 0.25) is 0 Å². The third-order valence-electron chi connectivity index (χ3n) is 3.27. The van der Waals surface area contributed by atoms with Crippen LogP contribution in [0.25, 0.3) is 11.4 Å². The van der Waals surface area contributed by atoms with Gasteiger partial charge >= 0.3 is 0 Å². The highest BCUT2D eigenvalue weighted by Gasteiger charge is 2.19. The molecule has 0 aliphatic rings. The van der Waals surface area contributed by atoms with Crippen molar-refractivity contribution in [2.75, 3.05) is 13.7 Å². The number of aromatic nitrogens is 3. The summed E-state index contributed by atoms with van der Waals surface area (Å²) in [7, 11) is 1.60. The van der Waals surface area contributed by atoms with Crippen molar-refractivity contribution in [1.82, 2.24) is 14.8 Å². The first kappa shape index (κ1) is 15.1. The monoisotopic (exact) mass is 291 g/mol. The normalized spacial score (nSPS) is 10.8. The van der Waals surface area contributed by atoms with Crippen molar-refractivity contribution in [3.8, 4) is 11.4 Å². The summed E-state index contributed by atoms with van der Waals surface area (Å²) in [5.74, 6) is 1.18. The predicted octanol–water partition coefficient (Wildman–Crippen LogP) is 1.27. The zero-order valence-corrected chi connectivity index (χ0v) is 11.9. The first-order valence-electron chi connectivity index (χ1n) is 6.45. The van der Waals surface area contributed by atoms with Gasteiger partial charge in [-0.2, -0.15) is 0 Å². The smallest absolute Gasteiger partial charge is 0.273 e. The topological polar surface area (TPSA) is 109 Å². The number of hydrogen-bond acceptors (Lipinski definition) is 6. The van der Waals surface area contributed by atoms with E-state index in [0.29, 0.717) is 35.9 Å². The quantitative estimate of drug-likeness (QED) is 0.634. The van der Waals surface area contributed by atoms with Crippen LogP contribution in [-0.4, -0.2) is 33.4 Å². The van der Waals surface area contributed by atoms with Crippen molar-refractivity contribution in [3.63, 3.8) is 0 Å². The molecule has 2 N–H and O–H groups in total. The molecule has 0 saturated heterocycles. The van der Waals surface area contributed by atoms with E-state index >= 15 is 0 Å². The van der Waals surface area contributed by atoms with Gasteiger partial charge in [0.2, 0.25) is 0 Å². The molecule has 0 spiro atoms. The number of hydrogen-bond donors (Lipinski definition) is 1. The molecule has 1 aromatic carbocycles. The van der Waals surface area contributed by atoms with Crippen LogP contribution < -0.4 is 5.73 Å². The lowest BCUT2D eigenvalue weighted by Gasteiger charge is -2.10. The van der Waals surface area contributed by atoms with Gasteiger partial charge in [0.25, 0.3) is 5.69 Å². The summed E-state index contributed by atoms with van der Waals surface area (Å²) < 4.78 is 6.90. The van der Waals surface area contributed by atoms with Crippen LogP contribution in [-0.2, 0) is 17.8 Å². The summed E-state index contributed by atoms with van der Waals surface area (Å²) in [4.78, 5) is 10.6. The minimum Gasteiger partial charge on any atom is -0.383 e. The summed E-state index contributed by atoms with van der Waals surface area (Å²) in [6.45, 7) is 2.95. The van der Waals surface area contributed by atoms with Crippen LogP contribution >= 0.6 is 0 Å². The number of nitrogens with two attached hydrogens (primary N) is 1. The summed E-state index contributed by atoms with van der Waals surface area (Å²) in [6.07, 6.45) is 0. The SMILES string of the molecule is COCCn1c(CN)nnc1-c1cccc([N+](=O)[O-])c1C. The molecule has 0 unspecified atom stereocenters. The summed E-state index contributed by atoms with van der Waals surface area (Å²) in [6, 6.07) is 4.90. The fraction of sp³-hybridized carbons (Fsp3) is 0.385. The number of benzene rings is 1. The lowest BCUT2D eigenvalue weighted by Crippen LogP contribution is -2.13. The molecular weight excluding hydrogens is 274 g/mol. The van der Waals surface area contributed by atoms with Crippen molar-refractivity contribution < 1.29 is 9.66 Å². The third-order valence-corrected chi connectivity index (χ3v) is 3.27. The van der Waals surface area contributed by atoms with Gasteiger partial charge in [0.1, 0.15) is 5.82 Å². The van der Waals surface area contributed by atoms with E-state index in [0.717, 1.165) is 0 Å². The van der Waals surface area contributed by atoms with E-state index in [1.54, 1.807) is 26.2 Å². The van der Waals surface area contributed by atoms with Crippen LogP contribution in [0.15, 0.2) is 18.2 Å². The highest BCUT2D eigenvalue weighted by Crippen LogP contribution is 2.29. The van der Waals surface area contributed by atoms with E-state index in [1.165, 1.54) is 6.07 Å². The Hall–Kier alpha value is -2.32. The zero-order chi connectivity index (χ0) is 15.4. The molecule has 0 radical (unpaired) electrons. The maximum Gasteiger partial charge on any atom is 0.273 e. The van der Waals surface area contributed by atoms with Crippen molar-refractivity contribution >= 4 is 5.69 Å². The van der Waals surface area contributed by atoms with Gasteiger partial charge in [-0.3, -0.25) is 10.1 Å². The van der Waals surface area contributed by atoms with E-state index in [9.17, 15) is 10.1 Å². The summed E-state index contributed by atoms with van der Waals surface area (Å²) in [5.41, 5.74) is 6.94. The fourth-order valence-electron chi connectivity index (χ4n) is 2.17. The van der Waals surface area contributed by atoms with E-state index in [2.05, 4.69) is 10.2 Å². The number of nitro groups is 1. The maximum absolute atomic E-state index is 11.0. The van der Waals surface area contributed by atoms with Crippen LogP contribution in [0.3, 0.4) is 0 Å². The number of ether oxygens (including phenoxy) is 1. The molecule has 0 aliphatic carbocycles.